The standard InChI is InChI=1S/C28H35N3O5S/c1-6-35-26(33)20-9-8-12-30(15-20)23(32)14-21-16-37-28-29-19(5)24(27(34)36-7-2)25(31(21)28)22-13-17(3)10-11-18(22)4/h10-11,13,16,20,25H,6-9,12,14-15H2,1-5H3/t20-,25-/m0/s1. The molecule has 0 spiro atoms. The Kier molecular flexibility index (Phi) is 8.42. The number of rotatable bonds is 7. The molecule has 3 heterocycles. The Morgan fingerprint density at radius 3 is 2.59 bits per heavy atom. The Morgan fingerprint density at radius 2 is 1.86 bits per heavy atom. The van der Waals surface area contributed by atoms with Crippen molar-refractivity contribution in [1.29, 1.82) is 0 Å². The minimum absolute atomic E-state index is 0.0502. The summed E-state index contributed by atoms with van der Waals surface area (Å²) in [6.45, 7) is 11.0. The Morgan fingerprint density at radius 1 is 1.11 bits per heavy atom. The molecule has 2 atom stereocenters. The Labute approximate surface area is 222 Å². The van der Waals surface area contributed by atoms with Crippen LogP contribution in [0.2, 0.25) is 0 Å². The fourth-order valence-corrected chi connectivity index (χ4v) is 6.08. The van der Waals surface area contributed by atoms with Gasteiger partial charge in [-0.15, -0.1) is 0 Å². The van der Waals surface area contributed by atoms with Crippen LogP contribution in [0, 0.1) is 19.8 Å². The molecular weight excluding hydrogens is 490 g/mol. The number of amidine groups is 1. The number of hydrogen-bond acceptors (Lipinski definition) is 8. The Bertz CT molecular complexity index is 1190. The average Bonchev–Trinajstić information content (AvgIpc) is 3.26. The number of nitrogens with zero attached hydrogens (tertiary/aromatic N) is 3. The third-order valence-electron chi connectivity index (χ3n) is 6.95. The predicted molar refractivity (Wildman–Crippen MR) is 143 cm³/mol. The maximum Gasteiger partial charge on any atom is 0.338 e. The molecule has 4 rings (SSSR count). The lowest BCUT2D eigenvalue weighted by molar-refractivity contribution is -0.151. The van der Waals surface area contributed by atoms with Gasteiger partial charge in [-0.2, -0.15) is 0 Å². The summed E-state index contributed by atoms with van der Waals surface area (Å²) in [6, 6.07) is 5.74. The Balaban J connectivity index is 1.64. The van der Waals surface area contributed by atoms with Gasteiger partial charge in [-0.1, -0.05) is 35.5 Å². The summed E-state index contributed by atoms with van der Waals surface area (Å²) in [6.07, 6.45) is 1.64. The molecule has 37 heavy (non-hydrogen) atoms. The molecule has 1 aromatic carbocycles. The van der Waals surface area contributed by atoms with Gasteiger partial charge >= 0.3 is 11.9 Å². The number of ether oxygens (including phenoxy) is 2. The van der Waals surface area contributed by atoms with Crippen LogP contribution < -0.4 is 0 Å². The SMILES string of the molecule is CCOC(=O)C1=C(C)N=C2SC=C(CC(=O)N3CCC[C@H](C(=O)OCC)C3)N2[C@H]1c1cc(C)ccc1C. The number of carbonyl (C=O) groups is 3. The number of aliphatic imine (C=N–C) groups is 1. The molecule has 0 aromatic heterocycles. The molecule has 0 radical (unpaired) electrons. The zero-order valence-corrected chi connectivity index (χ0v) is 23.0. The second-order valence-corrected chi connectivity index (χ2v) is 10.4. The lowest BCUT2D eigenvalue weighted by Gasteiger charge is -2.38. The summed E-state index contributed by atoms with van der Waals surface area (Å²) in [5.74, 6) is -0.980. The first-order valence-corrected chi connectivity index (χ1v) is 13.8. The van der Waals surface area contributed by atoms with E-state index in [1.165, 1.54) is 11.8 Å². The van der Waals surface area contributed by atoms with Crippen molar-refractivity contribution >= 4 is 34.8 Å². The predicted octanol–water partition coefficient (Wildman–Crippen LogP) is 4.63. The van der Waals surface area contributed by atoms with Gasteiger partial charge in [0, 0.05) is 18.8 Å². The van der Waals surface area contributed by atoms with E-state index in [2.05, 4.69) is 12.1 Å². The van der Waals surface area contributed by atoms with Crippen molar-refractivity contribution in [2.24, 2.45) is 10.9 Å². The number of aryl methyl sites for hydroxylation is 2. The number of fused-ring (bicyclic) bond motifs is 1. The summed E-state index contributed by atoms with van der Waals surface area (Å²) >= 11 is 1.46. The summed E-state index contributed by atoms with van der Waals surface area (Å²) in [4.78, 5) is 47.4. The second kappa shape index (κ2) is 11.5. The molecular formula is C28H35N3O5S. The highest BCUT2D eigenvalue weighted by Gasteiger charge is 2.42. The fourth-order valence-electron chi connectivity index (χ4n) is 5.11. The molecule has 3 aliphatic rings. The van der Waals surface area contributed by atoms with Crippen LogP contribution in [0.15, 0.2) is 45.6 Å². The molecule has 0 bridgehead atoms. The highest BCUT2D eigenvalue weighted by molar-refractivity contribution is 8.16. The number of likely N-dealkylation sites (tertiary alicyclic amines) is 1. The Hall–Kier alpha value is -3.07. The third-order valence-corrected chi connectivity index (χ3v) is 7.84. The van der Waals surface area contributed by atoms with Gasteiger partial charge < -0.3 is 19.3 Å². The molecule has 198 valence electrons. The monoisotopic (exact) mass is 525 g/mol. The number of esters is 2. The molecule has 3 aliphatic heterocycles. The molecule has 9 heteroatoms. The minimum atomic E-state index is -0.450. The van der Waals surface area contributed by atoms with Crippen molar-refractivity contribution in [1.82, 2.24) is 9.80 Å². The van der Waals surface area contributed by atoms with Crippen molar-refractivity contribution in [3.63, 3.8) is 0 Å². The maximum atomic E-state index is 13.5. The smallest absolute Gasteiger partial charge is 0.338 e. The van der Waals surface area contributed by atoms with Crippen LogP contribution in [0.5, 0.6) is 0 Å². The molecule has 0 saturated carbocycles. The van der Waals surface area contributed by atoms with Gasteiger partial charge in [-0.3, -0.25) is 9.59 Å². The average molecular weight is 526 g/mol. The van der Waals surface area contributed by atoms with Gasteiger partial charge in [-0.05, 0) is 64.0 Å². The lowest BCUT2D eigenvalue weighted by atomic mass is 9.90. The first kappa shape index (κ1) is 27.0. The molecule has 8 nitrogen and oxygen atoms in total. The molecule has 1 fully saturated rings. The normalized spacial score (nSPS) is 21.3. The van der Waals surface area contributed by atoms with E-state index >= 15 is 0 Å². The zero-order valence-electron chi connectivity index (χ0n) is 22.2. The van der Waals surface area contributed by atoms with Crippen LogP contribution >= 0.6 is 11.8 Å². The van der Waals surface area contributed by atoms with Crippen molar-refractivity contribution in [2.75, 3.05) is 26.3 Å². The van der Waals surface area contributed by atoms with Gasteiger partial charge in [-0.25, -0.2) is 9.79 Å². The molecule has 1 amide bonds. The van der Waals surface area contributed by atoms with Gasteiger partial charge in [0.2, 0.25) is 5.91 Å². The maximum absolute atomic E-state index is 13.5. The van der Waals surface area contributed by atoms with Crippen LogP contribution in [-0.4, -0.2) is 59.1 Å². The van der Waals surface area contributed by atoms with Gasteiger partial charge in [0.1, 0.15) is 0 Å². The van der Waals surface area contributed by atoms with Crippen LogP contribution in [0.1, 0.15) is 62.8 Å². The van der Waals surface area contributed by atoms with E-state index in [0.717, 1.165) is 40.4 Å². The van der Waals surface area contributed by atoms with E-state index < -0.39 is 12.0 Å². The largest absolute Gasteiger partial charge is 0.466 e. The lowest BCUT2D eigenvalue weighted by Crippen LogP contribution is -2.44. The first-order valence-electron chi connectivity index (χ1n) is 12.9. The van der Waals surface area contributed by atoms with Crippen LogP contribution in [0.25, 0.3) is 0 Å². The fraction of sp³-hybridized carbons (Fsp3) is 0.500. The number of hydrogen-bond donors (Lipinski definition) is 0. The number of thioether (sulfide) groups is 1. The van der Waals surface area contributed by atoms with Crippen LogP contribution in [-0.2, 0) is 23.9 Å². The zero-order chi connectivity index (χ0) is 26.7. The van der Waals surface area contributed by atoms with Crippen LogP contribution in [0.3, 0.4) is 0 Å². The number of allylic oxidation sites excluding steroid dienone is 1. The van der Waals surface area contributed by atoms with Crippen LogP contribution in [0.4, 0.5) is 0 Å². The molecule has 1 aromatic rings. The number of carbonyl (C=O) groups excluding carboxylic acids is 3. The topological polar surface area (TPSA) is 88.5 Å². The number of amides is 1. The minimum Gasteiger partial charge on any atom is -0.466 e. The van der Waals surface area contributed by atoms with E-state index in [4.69, 9.17) is 14.5 Å². The quantitative estimate of drug-likeness (QED) is 0.480. The molecule has 0 N–H and O–H groups in total. The summed E-state index contributed by atoms with van der Waals surface area (Å²) < 4.78 is 10.6. The number of piperidine rings is 1. The van der Waals surface area contributed by atoms with Crippen molar-refractivity contribution < 1.29 is 23.9 Å². The van der Waals surface area contributed by atoms with Gasteiger partial charge in [0.05, 0.1) is 42.9 Å². The van der Waals surface area contributed by atoms with E-state index in [0.29, 0.717) is 31.0 Å². The van der Waals surface area contributed by atoms with Crippen molar-refractivity contribution in [3.05, 3.63) is 57.3 Å². The number of benzene rings is 1. The molecule has 0 aliphatic carbocycles. The van der Waals surface area contributed by atoms with Crippen molar-refractivity contribution in [3.8, 4) is 0 Å². The first-order chi connectivity index (χ1) is 17.7. The van der Waals surface area contributed by atoms with E-state index in [9.17, 15) is 14.4 Å². The van der Waals surface area contributed by atoms with Gasteiger partial charge in [0.15, 0.2) is 5.17 Å². The van der Waals surface area contributed by atoms with Gasteiger partial charge in [0.25, 0.3) is 0 Å². The molecule has 1 saturated heterocycles. The summed E-state index contributed by atoms with van der Waals surface area (Å²) in [5.41, 5.74) is 5.00. The van der Waals surface area contributed by atoms with E-state index in [1.807, 2.05) is 37.1 Å². The van der Waals surface area contributed by atoms with Crippen molar-refractivity contribution in [2.45, 2.75) is 59.9 Å². The summed E-state index contributed by atoms with van der Waals surface area (Å²) in [7, 11) is 0. The molecule has 0 unspecified atom stereocenters. The highest BCUT2D eigenvalue weighted by atomic mass is 32.2. The van der Waals surface area contributed by atoms with E-state index in [1.54, 1.807) is 18.7 Å². The summed E-state index contributed by atoms with van der Waals surface area (Å²) in [5, 5.41) is 2.69. The highest BCUT2D eigenvalue weighted by Crippen LogP contribution is 2.46. The second-order valence-electron chi connectivity index (χ2n) is 9.58. The third kappa shape index (κ3) is 5.61. The van der Waals surface area contributed by atoms with E-state index in [-0.39, 0.29) is 30.8 Å².